The molecule has 2 aromatic rings. The monoisotopic (exact) mass is 319 g/mol. The molecule has 0 bridgehead atoms. The van der Waals surface area contributed by atoms with Gasteiger partial charge < -0.3 is 9.72 Å². The zero-order valence-corrected chi connectivity index (χ0v) is 12.1. The zero-order chi connectivity index (χ0) is 16.8. The van der Waals surface area contributed by atoms with Gasteiger partial charge in [0.25, 0.3) is 17.4 Å². The molecule has 0 unspecified atom stereocenters. The lowest BCUT2D eigenvalue weighted by Crippen LogP contribution is -2.48. The third kappa shape index (κ3) is 4.40. The Morgan fingerprint density at radius 3 is 2.52 bits per heavy atom. The Labute approximate surface area is 130 Å². The lowest BCUT2D eigenvalue weighted by Gasteiger charge is -2.15. The van der Waals surface area contributed by atoms with Crippen LogP contribution in [0.2, 0.25) is 0 Å². The average Bonchev–Trinajstić information content (AvgIpc) is 2.54. The van der Waals surface area contributed by atoms with Crippen molar-refractivity contribution >= 4 is 11.8 Å². The van der Waals surface area contributed by atoms with E-state index in [9.17, 15) is 18.8 Å². The van der Waals surface area contributed by atoms with Gasteiger partial charge in [-0.1, -0.05) is 0 Å². The third-order valence-electron chi connectivity index (χ3n) is 2.86. The predicted octanol–water partition coefficient (Wildman–Crippen LogP) is 0.742. The molecule has 0 aliphatic rings. The first kappa shape index (κ1) is 16.2. The molecule has 2 amide bonds. The van der Waals surface area contributed by atoms with E-state index in [0.29, 0.717) is 5.75 Å². The third-order valence-corrected chi connectivity index (χ3v) is 2.86. The summed E-state index contributed by atoms with van der Waals surface area (Å²) in [5.74, 6) is -1.50. The fourth-order valence-corrected chi connectivity index (χ4v) is 1.66. The van der Waals surface area contributed by atoms with Gasteiger partial charge in [0.15, 0.2) is 6.10 Å². The molecule has 1 heterocycles. The first-order chi connectivity index (χ1) is 11.0. The number of ether oxygens (including phenoxy) is 1. The number of nitrogens with one attached hydrogen (secondary N) is 3. The first-order valence-corrected chi connectivity index (χ1v) is 6.67. The summed E-state index contributed by atoms with van der Waals surface area (Å²) in [5.41, 5.74) is 3.55. The fourth-order valence-electron chi connectivity index (χ4n) is 1.66. The smallest absolute Gasteiger partial charge is 0.279 e. The van der Waals surface area contributed by atoms with Crippen LogP contribution >= 0.6 is 0 Å². The molecule has 1 aromatic carbocycles. The highest BCUT2D eigenvalue weighted by Crippen LogP contribution is 2.12. The quantitative estimate of drug-likeness (QED) is 0.724. The van der Waals surface area contributed by atoms with Crippen molar-refractivity contribution < 1.29 is 18.7 Å². The molecule has 0 aliphatic carbocycles. The number of amides is 2. The van der Waals surface area contributed by atoms with Gasteiger partial charge in [-0.05, 0) is 43.3 Å². The summed E-state index contributed by atoms with van der Waals surface area (Å²) >= 11 is 0. The van der Waals surface area contributed by atoms with Gasteiger partial charge in [0, 0.05) is 6.20 Å². The number of halogens is 1. The summed E-state index contributed by atoms with van der Waals surface area (Å²) in [6.45, 7) is 1.46. The molecule has 23 heavy (non-hydrogen) atoms. The minimum absolute atomic E-state index is 0.139. The second kappa shape index (κ2) is 7.21. The molecule has 3 N–H and O–H groups in total. The van der Waals surface area contributed by atoms with Gasteiger partial charge in [-0.25, -0.2) is 4.39 Å². The van der Waals surface area contributed by atoms with E-state index in [-0.39, 0.29) is 5.56 Å². The predicted molar refractivity (Wildman–Crippen MR) is 79.2 cm³/mol. The number of benzene rings is 1. The number of hydrogen-bond acceptors (Lipinski definition) is 4. The van der Waals surface area contributed by atoms with Crippen molar-refractivity contribution in [3.05, 3.63) is 64.3 Å². The van der Waals surface area contributed by atoms with Crippen LogP contribution in [0.3, 0.4) is 0 Å². The van der Waals surface area contributed by atoms with E-state index < -0.39 is 29.3 Å². The van der Waals surface area contributed by atoms with Crippen molar-refractivity contribution in [2.75, 3.05) is 0 Å². The van der Waals surface area contributed by atoms with Crippen LogP contribution in [0.4, 0.5) is 4.39 Å². The molecule has 1 atom stereocenters. The number of hydrogen-bond donors (Lipinski definition) is 3. The Bertz CT molecular complexity index is 758. The van der Waals surface area contributed by atoms with E-state index in [1.807, 2.05) is 0 Å². The van der Waals surface area contributed by atoms with E-state index in [4.69, 9.17) is 4.74 Å². The fraction of sp³-hybridized carbons (Fsp3) is 0.133. The summed E-state index contributed by atoms with van der Waals surface area (Å²) in [4.78, 5) is 37.4. The molecular formula is C15H14FN3O4. The van der Waals surface area contributed by atoms with Gasteiger partial charge in [-0.15, -0.1) is 0 Å². The minimum Gasteiger partial charge on any atom is -0.481 e. The van der Waals surface area contributed by atoms with Crippen LogP contribution in [-0.4, -0.2) is 22.9 Å². The standard InChI is InChI=1S/C15H14FN3O4/c1-9(23-11-6-4-10(16)5-7-11)13(20)18-19-15(22)12-3-2-8-17-14(12)21/h2-9H,1H3,(H,17,21)(H,18,20)(H,19,22)/t9-/m0/s1. The molecule has 7 nitrogen and oxygen atoms in total. The number of hydrazine groups is 1. The van der Waals surface area contributed by atoms with Gasteiger partial charge in [-0.3, -0.25) is 25.2 Å². The molecule has 0 spiro atoms. The lowest BCUT2D eigenvalue weighted by molar-refractivity contribution is -0.128. The van der Waals surface area contributed by atoms with Crippen molar-refractivity contribution in [2.24, 2.45) is 0 Å². The van der Waals surface area contributed by atoms with Crippen molar-refractivity contribution in [3.63, 3.8) is 0 Å². The van der Waals surface area contributed by atoms with E-state index in [2.05, 4.69) is 15.8 Å². The van der Waals surface area contributed by atoms with Gasteiger partial charge in [0.2, 0.25) is 0 Å². The highest BCUT2D eigenvalue weighted by atomic mass is 19.1. The molecular weight excluding hydrogens is 305 g/mol. The Balaban J connectivity index is 1.89. The van der Waals surface area contributed by atoms with Crippen LogP contribution in [0, 0.1) is 5.82 Å². The molecule has 0 radical (unpaired) electrons. The van der Waals surface area contributed by atoms with Crippen molar-refractivity contribution in [3.8, 4) is 5.75 Å². The molecule has 1 aromatic heterocycles. The highest BCUT2D eigenvalue weighted by molar-refractivity contribution is 5.95. The Hall–Kier alpha value is -3.16. The topological polar surface area (TPSA) is 100 Å². The van der Waals surface area contributed by atoms with Crippen LogP contribution < -0.4 is 21.1 Å². The molecule has 8 heteroatoms. The minimum atomic E-state index is -0.935. The van der Waals surface area contributed by atoms with Crippen molar-refractivity contribution in [2.45, 2.75) is 13.0 Å². The van der Waals surface area contributed by atoms with Crippen LogP contribution in [0.1, 0.15) is 17.3 Å². The largest absolute Gasteiger partial charge is 0.481 e. The normalized spacial score (nSPS) is 11.4. The van der Waals surface area contributed by atoms with E-state index in [1.54, 1.807) is 0 Å². The molecule has 120 valence electrons. The molecule has 0 aliphatic heterocycles. The number of carbonyl (C=O) groups is 2. The van der Waals surface area contributed by atoms with E-state index >= 15 is 0 Å². The maximum absolute atomic E-state index is 12.8. The number of H-pyrrole nitrogens is 1. The van der Waals surface area contributed by atoms with E-state index in [1.165, 1.54) is 49.5 Å². The van der Waals surface area contributed by atoms with Crippen molar-refractivity contribution in [1.29, 1.82) is 0 Å². The molecule has 0 saturated carbocycles. The number of rotatable bonds is 4. The first-order valence-electron chi connectivity index (χ1n) is 6.67. The number of pyridine rings is 1. The number of carbonyl (C=O) groups excluding carboxylic acids is 2. The Morgan fingerprint density at radius 2 is 1.87 bits per heavy atom. The summed E-state index contributed by atoms with van der Waals surface area (Å²) in [5, 5.41) is 0. The molecule has 0 saturated heterocycles. The van der Waals surface area contributed by atoms with Crippen LogP contribution in [0.5, 0.6) is 5.75 Å². The maximum Gasteiger partial charge on any atom is 0.279 e. The Kier molecular flexibility index (Phi) is 5.08. The summed E-state index contributed by atoms with van der Waals surface area (Å²) in [6.07, 6.45) is 0.450. The molecule has 0 fully saturated rings. The second-order valence-electron chi connectivity index (χ2n) is 4.57. The Morgan fingerprint density at radius 1 is 1.17 bits per heavy atom. The number of aromatic amines is 1. The van der Waals surface area contributed by atoms with E-state index in [0.717, 1.165) is 0 Å². The van der Waals surface area contributed by atoms with Crippen LogP contribution in [0.25, 0.3) is 0 Å². The van der Waals surface area contributed by atoms with Crippen molar-refractivity contribution in [1.82, 2.24) is 15.8 Å². The summed E-state index contributed by atoms with van der Waals surface area (Å²) < 4.78 is 18.1. The van der Waals surface area contributed by atoms with Crippen LogP contribution in [0.15, 0.2) is 47.4 Å². The SMILES string of the molecule is C[C@H](Oc1ccc(F)cc1)C(=O)NNC(=O)c1ccc[nH]c1=O. The van der Waals surface area contributed by atoms with Gasteiger partial charge in [0.1, 0.15) is 17.1 Å². The second-order valence-corrected chi connectivity index (χ2v) is 4.57. The number of aromatic nitrogens is 1. The highest BCUT2D eigenvalue weighted by Gasteiger charge is 2.16. The zero-order valence-electron chi connectivity index (χ0n) is 12.1. The average molecular weight is 319 g/mol. The van der Waals surface area contributed by atoms with Crippen LogP contribution in [-0.2, 0) is 4.79 Å². The van der Waals surface area contributed by atoms with Gasteiger partial charge >= 0.3 is 0 Å². The maximum atomic E-state index is 12.8. The summed E-state index contributed by atoms with van der Waals surface area (Å²) in [7, 11) is 0. The van der Waals surface area contributed by atoms with Gasteiger partial charge in [0.05, 0.1) is 0 Å². The van der Waals surface area contributed by atoms with Gasteiger partial charge in [-0.2, -0.15) is 0 Å². The molecule has 2 rings (SSSR count). The summed E-state index contributed by atoms with van der Waals surface area (Å²) in [6, 6.07) is 7.95. The lowest BCUT2D eigenvalue weighted by atomic mass is 10.3.